The summed E-state index contributed by atoms with van der Waals surface area (Å²) in [4.78, 5) is 28.8. The third kappa shape index (κ3) is 24.5. The van der Waals surface area contributed by atoms with Crippen molar-refractivity contribution in [1.82, 2.24) is 34.9 Å². The molecule has 0 fully saturated rings. The molecular formula is C94H93N7. The van der Waals surface area contributed by atoms with Crippen LogP contribution in [-0.4, -0.2) is 34.9 Å². The van der Waals surface area contributed by atoms with Crippen LogP contribution >= 0.6 is 0 Å². The molecule has 0 atom stereocenters. The summed E-state index contributed by atoms with van der Waals surface area (Å²) in [5.41, 5.74) is 16.7. The lowest BCUT2D eigenvalue weighted by atomic mass is 10.1. The molecule has 0 saturated carbocycles. The van der Waals surface area contributed by atoms with E-state index < -0.39 is 0 Å². The number of hydrogen-bond donors (Lipinski definition) is 0. The maximum atomic E-state index is 4.21. The largest absolute Gasteiger partial charge is 0.264 e. The molecule has 0 saturated heterocycles. The van der Waals surface area contributed by atoms with Crippen LogP contribution in [0.15, 0.2) is 329 Å². The second kappa shape index (κ2) is 39.5. The Kier molecular flexibility index (Phi) is 29.2. The number of pyridine rings is 7. The molecule has 0 amide bonds. The van der Waals surface area contributed by atoms with Gasteiger partial charge in [0.1, 0.15) is 0 Å². The quantitative estimate of drug-likeness (QED) is 0.149. The van der Waals surface area contributed by atoms with E-state index in [-0.39, 0.29) is 0 Å². The summed E-state index contributed by atoms with van der Waals surface area (Å²) in [5, 5.41) is 17.4. The van der Waals surface area contributed by atoms with E-state index in [0.717, 1.165) is 11.4 Å². The summed E-state index contributed by atoms with van der Waals surface area (Å²) < 4.78 is 0. The molecule has 0 unspecified atom stereocenters. The maximum absolute atomic E-state index is 4.21. The zero-order chi connectivity index (χ0) is 71.7. The Morgan fingerprint density at radius 3 is 1.16 bits per heavy atom. The number of benzene rings is 10. The van der Waals surface area contributed by atoms with Crippen LogP contribution in [0.1, 0.15) is 72.6 Å². The number of nitrogens with zero attached hydrogens (tertiary/aromatic N) is 7. The maximum Gasteiger partial charge on any atom is 0.0450 e. The lowest BCUT2D eigenvalue weighted by Crippen LogP contribution is -1.80. The minimum absolute atomic E-state index is 1.07. The second-order valence-electron chi connectivity index (χ2n) is 25.2. The van der Waals surface area contributed by atoms with Crippen LogP contribution in [0.25, 0.3) is 75.4 Å². The minimum atomic E-state index is 1.07. The van der Waals surface area contributed by atoms with Crippen molar-refractivity contribution in [1.29, 1.82) is 0 Å². The molecule has 7 heterocycles. The molecular weight excluding hydrogens is 1230 g/mol. The van der Waals surface area contributed by atoms with Gasteiger partial charge < -0.3 is 0 Å². The third-order valence-electron chi connectivity index (χ3n) is 16.7. The summed E-state index contributed by atoms with van der Waals surface area (Å²) in [6, 6.07) is 87.6. The molecule has 504 valence electrons. The zero-order valence-corrected chi connectivity index (χ0v) is 60.8. The van der Waals surface area contributed by atoms with E-state index in [4.69, 9.17) is 0 Å². The molecule has 0 aliphatic heterocycles. The van der Waals surface area contributed by atoms with Crippen molar-refractivity contribution in [2.24, 2.45) is 0 Å². The fourth-order valence-electron chi connectivity index (χ4n) is 10.8. The average molecular weight is 1320 g/mol. The van der Waals surface area contributed by atoms with Crippen LogP contribution in [0, 0.1) is 90.0 Å². The Morgan fingerprint density at radius 2 is 0.564 bits per heavy atom. The van der Waals surface area contributed by atoms with Crippen LogP contribution in [-0.2, 0) is 0 Å². The van der Waals surface area contributed by atoms with Gasteiger partial charge in [0.25, 0.3) is 0 Å². The Labute approximate surface area is 598 Å². The van der Waals surface area contributed by atoms with Gasteiger partial charge in [0, 0.05) is 123 Å². The minimum Gasteiger partial charge on any atom is -0.264 e. The highest BCUT2D eigenvalue weighted by Gasteiger charge is 1.99. The van der Waals surface area contributed by atoms with Gasteiger partial charge in [-0.2, -0.15) is 0 Å². The molecule has 17 rings (SSSR count). The number of aryl methyl sites for hydroxylation is 13. The smallest absolute Gasteiger partial charge is 0.0450 e. The lowest BCUT2D eigenvalue weighted by Gasteiger charge is -1.98. The van der Waals surface area contributed by atoms with E-state index in [9.17, 15) is 0 Å². The summed E-state index contributed by atoms with van der Waals surface area (Å²) in [6.45, 7) is 27.2. The van der Waals surface area contributed by atoms with Gasteiger partial charge in [-0.05, 0) is 198 Å². The van der Waals surface area contributed by atoms with Gasteiger partial charge in [-0.25, -0.2) is 0 Å². The second-order valence-corrected chi connectivity index (χ2v) is 25.2. The fraction of sp³-hybridized carbons (Fsp3) is 0.138. The van der Waals surface area contributed by atoms with E-state index >= 15 is 0 Å². The summed E-state index contributed by atoms with van der Waals surface area (Å²) >= 11 is 0. The predicted molar refractivity (Wildman–Crippen MR) is 433 cm³/mol. The molecule has 0 aliphatic carbocycles. The first-order valence-electron chi connectivity index (χ1n) is 34.2. The topological polar surface area (TPSA) is 90.2 Å². The van der Waals surface area contributed by atoms with E-state index in [1.165, 1.54) is 137 Å². The molecule has 17 aromatic rings. The molecule has 10 aromatic carbocycles. The van der Waals surface area contributed by atoms with E-state index in [1.807, 2.05) is 149 Å². The van der Waals surface area contributed by atoms with Crippen molar-refractivity contribution in [2.75, 3.05) is 0 Å². The molecule has 0 N–H and O–H groups in total. The number of hydrogen-bond acceptors (Lipinski definition) is 7. The van der Waals surface area contributed by atoms with Crippen molar-refractivity contribution < 1.29 is 0 Å². The SMILES string of the molecule is Cc1cc2ccccc2cn1.Cc1ccc(C)cc1.Cc1ccc2ccncc2c1.Cc1ccc2cnccc2c1.Cc1cccc(C)c1.Cc1cccc2ccncc12.Cc1cccc2cnccc12.Cc1ccccc1C.Cc1cncc2ccccc12.Cc1nccc2ccccc12. The number of rotatable bonds is 0. The molecule has 101 heavy (non-hydrogen) atoms. The Hall–Kier alpha value is -11.9. The first kappa shape index (κ1) is 74.9. The van der Waals surface area contributed by atoms with Gasteiger partial charge >= 0.3 is 0 Å². The Morgan fingerprint density at radius 1 is 0.178 bits per heavy atom. The van der Waals surface area contributed by atoms with Gasteiger partial charge in [0.2, 0.25) is 0 Å². The van der Waals surface area contributed by atoms with Crippen molar-refractivity contribution in [3.05, 3.63) is 402 Å². The van der Waals surface area contributed by atoms with Crippen molar-refractivity contribution in [3.8, 4) is 0 Å². The molecule has 0 aliphatic rings. The van der Waals surface area contributed by atoms with Crippen molar-refractivity contribution >= 4 is 75.4 Å². The molecule has 0 radical (unpaired) electrons. The number of aromatic nitrogens is 7. The standard InChI is InChI=1S/7C10H9N.3C8H10/c1-8-2-3-10-7-11-5-4-9(10)6-8;1-8-2-3-9-4-5-11-7-10(9)6-8;1-8-3-2-4-9-7-11-6-5-10(8)9;1-8-3-2-4-9-5-6-11-7-10(8)9;1-8-6-11-7-9-4-2-3-5-10(8)9;1-8-6-9-4-2-3-5-10(9)7-11-8;1-8-10-5-3-2-4-9(10)6-7-11-8;1-7-3-5-8(2)6-4-7;1-7-4-3-5-8(2)6-7;1-7-5-3-4-6-8(7)2/h7*2-7H,1H3;3*3-6H,1-2H3. The first-order chi connectivity index (χ1) is 49.0. The van der Waals surface area contributed by atoms with Crippen LogP contribution in [0.5, 0.6) is 0 Å². The van der Waals surface area contributed by atoms with E-state index in [1.54, 1.807) is 0 Å². The highest BCUT2D eigenvalue weighted by molar-refractivity contribution is 5.87. The fourth-order valence-corrected chi connectivity index (χ4v) is 10.8. The van der Waals surface area contributed by atoms with Gasteiger partial charge in [0.05, 0.1) is 0 Å². The molecule has 0 bridgehead atoms. The van der Waals surface area contributed by atoms with Crippen LogP contribution in [0.4, 0.5) is 0 Å². The van der Waals surface area contributed by atoms with E-state index in [2.05, 4.69) is 305 Å². The zero-order valence-electron chi connectivity index (χ0n) is 60.8. The molecule has 7 aromatic heterocycles. The van der Waals surface area contributed by atoms with Gasteiger partial charge in [-0.3, -0.25) is 34.9 Å². The summed E-state index contributed by atoms with van der Waals surface area (Å²) in [7, 11) is 0. The Balaban J connectivity index is 0.000000143. The van der Waals surface area contributed by atoms with Gasteiger partial charge in [-0.15, -0.1) is 0 Å². The van der Waals surface area contributed by atoms with Gasteiger partial charge in [0.15, 0.2) is 0 Å². The van der Waals surface area contributed by atoms with Crippen LogP contribution < -0.4 is 0 Å². The molecule has 7 heteroatoms. The summed E-state index contributed by atoms with van der Waals surface area (Å²) in [6.07, 6.45) is 22.4. The van der Waals surface area contributed by atoms with Crippen LogP contribution in [0.3, 0.4) is 0 Å². The van der Waals surface area contributed by atoms with Crippen molar-refractivity contribution in [2.45, 2.75) is 90.0 Å². The van der Waals surface area contributed by atoms with Crippen LogP contribution in [0.2, 0.25) is 0 Å². The monoisotopic (exact) mass is 1320 g/mol. The first-order valence-corrected chi connectivity index (χ1v) is 34.2. The lowest BCUT2D eigenvalue weighted by molar-refractivity contribution is 1.22. The molecule has 7 nitrogen and oxygen atoms in total. The van der Waals surface area contributed by atoms with E-state index in [0.29, 0.717) is 0 Å². The number of fused-ring (bicyclic) bond motifs is 7. The average Bonchev–Trinajstić information content (AvgIpc) is 0.883. The van der Waals surface area contributed by atoms with Crippen molar-refractivity contribution in [3.63, 3.8) is 0 Å². The summed E-state index contributed by atoms with van der Waals surface area (Å²) in [5.74, 6) is 0. The highest BCUT2D eigenvalue weighted by atomic mass is 14.7. The normalized spacial score (nSPS) is 10.0. The Bertz CT molecular complexity index is 4780. The van der Waals surface area contributed by atoms with Gasteiger partial charge in [-0.1, -0.05) is 246 Å². The highest BCUT2D eigenvalue weighted by Crippen LogP contribution is 2.20. The third-order valence-corrected chi connectivity index (χ3v) is 16.7. The predicted octanol–water partition coefficient (Wildman–Crippen LogP) is 24.7. The molecule has 0 spiro atoms.